The number of likely N-dealkylation sites (tertiary alicyclic amines) is 1. The average molecular weight is 666 g/mol. The minimum atomic E-state index is -3.31. The standard InChI is InChI=1S/C31H38F3N5O6S/c1-5-30(6-2,29(42)43)22(40)14-39-25-21(15-45-39)38(16-31(25,33)34)13-20-23(28(41)44-7-3)24(18-9-8-10-19(32)17(18)4)37-26(36-20)27-35-11-12-46-27/h8-12,21-22,24-25,40H,5-7,13-16H2,1-4H3,(H,36,37)(H,42,43)/t21-,22+,24-,25+/m0/s1. The van der Waals surface area contributed by atoms with Crippen molar-refractivity contribution in [3.63, 3.8) is 0 Å². The van der Waals surface area contributed by atoms with Crippen molar-refractivity contribution >= 4 is 29.1 Å². The molecule has 15 heteroatoms. The Bertz CT molecular complexity index is 1520. The number of thiazole rings is 1. The summed E-state index contributed by atoms with van der Waals surface area (Å²) < 4.78 is 51.7. The Hall–Kier alpha value is -3.37. The summed E-state index contributed by atoms with van der Waals surface area (Å²) in [5, 5.41) is 27.2. The first-order valence-electron chi connectivity index (χ1n) is 15.2. The smallest absolute Gasteiger partial charge is 0.338 e. The number of nitrogens with zero attached hydrogens (tertiary/aromatic N) is 4. The molecule has 0 bridgehead atoms. The number of esters is 1. The number of halogens is 3. The van der Waals surface area contributed by atoms with Gasteiger partial charge in [0.2, 0.25) is 0 Å². The number of aliphatic hydroxyl groups is 1. The summed E-state index contributed by atoms with van der Waals surface area (Å²) in [6.45, 7) is 5.10. The number of aromatic nitrogens is 1. The van der Waals surface area contributed by atoms with Gasteiger partial charge < -0.3 is 20.3 Å². The predicted molar refractivity (Wildman–Crippen MR) is 163 cm³/mol. The molecule has 3 N–H and O–H groups in total. The highest BCUT2D eigenvalue weighted by Crippen LogP contribution is 2.43. The van der Waals surface area contributed by atoms with Crippen LogP contribution in [0, 0.1) is 18.2 Å². The Kier molecular flexibility index (Phi) is 9.89. The number of rotatable bonds is 12. The van der Waals surface area contributed by atoms with Gasteiger partial charge >= 0.3 is 11.9 Å². The lowest BCUT2D eigenvalue weighted by atomic mass is 9.77. The number of hydroxylamine groups is 2. The zero-order valence-electron chi connectivity index (χ0n) is 26.0. The van der Waals surface area contributed by atoms with Crippen LogP contribution in [0.4, 0.5) is 13.2 Å². The number of nitrogens with one attached hydrogen (secondary N) is 1. The first kappa shape index (κ1) is 34.0. The fourth-order valence-electron chi connectivity index (χ4n) is 6.63. The van der Waals surface area contributed by atoms with Crippen molar-refractivity contribution < 1.29 is 42.5 Å². The normalized spacial score (nSPS) is 24.0. The number of aliphatic carboxylic acids is 1. The van der Waals surface area contributed by atoms with E-state index < -0.39 is 66.4 Å². The number of fused-ring (bicyclic) bond motifs is 1. The van der Waals surface area contributed by atoms with Gasteiger partial charge in [0.05, 0.1) is 49.4 Å². The van der Waals surface area contributed by atoms with Crippen LogP contribution in [-0.2, 0) is 19.2 Å². The lowest BCUT2D eigenvalue weighted by Gasteiger charge is -2.36. The van der Waals surface area contributed by atoms with Crippen LogP contribution in [0.3, 0.4) is 0 Å². The topological polar surface area (TPSA) is 137 Å². The summed E-state index contributed by atoms with van der Waals surface area (Å²) >= 11 is 1.28. The minimum absolute atomic E-state index is 0.0402. The van der Waals surface area contributed by atoms with Crippen LogP contribution in [0.1, 0.15) is 55.8 Å². The van der Waals surface area contributed by atoms with Gasteiger partial charge in [-0.3, -0.25) is 19.5 Å². The lowest BCUT2D eigenvalue weighted by Crippen LogP contribution is -2.52. The van der Waals surface area contributed by atoms with Crippen molar-refractivity contribution in [2.24, 2.45) is 10.4 Å². The first-order valence-corrected chi connectivity index (χ1v) is 16.1. The van der Waals surface area contributed by atoms with E-state index in [0.29, 0.717) is 16.4 Å². The molecule has 5 rings (SSSR count). The molecule has 4 heterocycles. The van der Waals surface area contributed by atoms with E-state index in [0.717, 1.165) is 5.06 Å². The fourth-order valence-corrected chi connectivity index (χ4v) is 7.22. The molecule has 250 valence electrons. The average Bonchev–Trinajstić information content (AvgIpc) is 3.74. The van der Waals surface area contributed by atoms with Crippen LogP contribution in [0.25, 0.3) is 0 Å². The molecule has 0 aliphatic carbocycles. The second-order valence-electron chi connectivity index (χ2n) is 11.7. The molecule has 3 aliphatic heterocycles. The molecule has 46 heavy (non-hydrogen) atoms. The van der Waals surface area contributed by atoms with Gasteiger partial charge in [-0.2, -0.15) is 5.06 Å². The summed E-state index contributed by atoms with van der Waals surface area (Å²) in [5.74, 6) is -5.43. The number of hydrogen-bond acceptors (Lipinski definition) is 11. The number of aliphatic hydroxyl groups excluding tert-OH is 1. The maximum Gasteiger partial charge on any atom is 0.338 e. The molecule has 2 aromatic rings. The van der Waals surface area contributed by atoms with Crippen molar-refractivity contribution in [2.75, 3.05) is 32.8 Å². The van der Waals surface area contributed by atoms with Crippen LogP contribution in [0.15, 0.2) is 46.0 Å². The quantitative estimate of drug-likeness (QED) is 0.288. The van der Waals surface area contributed by atoms with Crippen LogP contribution >= 0.6 is 11.3 Å². The van der Waals surface area contributed by atoms with Gasteiger partial charge in [0.1, 0.15) is 17.9 Å². The number of ether oxygens (including phenoxy) is 1. The maximum atomic E-state index is 15.8. The molecule has 3 aliphatic rings. The predicted octanol–water partition coefficient (Wildman–Crippen LogP) is 3.69. The van der Waals surface area contributed by atoms with E-state index >= 15 is 8.78 Å². The maximum absolute atomic E-state index is 15.8. The summed E-state index contributed by atoms with van der Waals surface area (Å²) in [7, 11) is 0. The van der Waals surface area contributed by atoms with Crippen molar-refractivity contribution in [1.29, 1.82) is 0 Å². The number of amidine groups is 1. The van der Waals surface area contributed by atoms with Gasteiger partial charge in [0.25, 0.3) is 5.92 Å². The molecule has 4 atom stereocenters. The SMILES string of the molecule is CCOC(=O)C1=C(CN2CC(F)(F)[C@H]3[C@@H]2CON3C[C@@H](O)C(CC)(CC)C(=O)O)NC(c2nccs2)=N[C@H]1c1cccc(F)c1C. The Morgan fingerprint density at radius 1 is 1.28 bits per heavy atom. The third-order valence-electron chi connectivity index (χ3n) is 9.30. The van der Waals surface area contributed by atoms with Crippen molar-refractivity contribution in [1.82, 2.24) is 20.3 Å². The Balaban J connectivity index is 1.50. The second-order valence-corrected chi connectivity index (χ2v) is 12.6. The second kappa shape index (κ2) is 13.4. The molecular weight excluding hydrogens is 627 g/mol. The van der Waals surface area contributed by atoms with E-state index in [2.05, 4.69) is 10.3 Å². The van der Waals surface area contributed by atoms with Gasteiger partial charge in [-0.05, 0) is 43.9 Å². The van der Waals surface area contributed by atoms with Gasteiger partial charge in [-0.25, -0.2) is 22.9 Å². The third-order valence-corrected chi connectivity index (χ3v) is 10.1. The number of carbonyl (C=O) groups is 2. The lowest BCUT2D eigenvalue weighted by molar-refractivity contribution is -0.205. The van der Waals surface area contributed by atoms with Crippen LogP contribution in [-0.4, -0.2) is 99.9 Å². The summed E-state index contributed by atoms with van der Waals surface area (Å²) in [5.41, 5.74) is -0.509. The highest BCUT2D eigenvalue weighted by molar-refractivity contribution is 7.11. The molecule has 0 radical (unpaired) electrons. The molecule has 0 unspecified atom stereocenters. The Morgan fingerprint density at radius 2 is 2.02 bits per heavy atom. The molecule has 1 aromatic carbocycles. The number of hydrogen-bond donors (Lipinski definition) is 3. The Labute approximate surface area is 268 Å². The third kappa shape index (κ3) is 6.06. The highest BCUT2D eigenvalue weighted by Gasteiger charge is 2.61. The van der Waals surface area contributed by atoms with E-state index in [-0.39, 0.29) is 49.4 Å². The van der Waals surface area contributed by atoms with Gasteiger partial charge in [0, 0.05) is 23.8 Å². The molecule has 11 nitrogen and oxygen atoms in total. The molecule has 0 saturated carbocycles. The van der Waals surface area contributed by atoms with Gasteiger partial charge in [-0.15, -0.1) is 11.3 Å². The Morgan fingerprint density at radius 3 is 2.65 bits per heavy atom. The molecule has 0 spiro atoms. The molecular formula is C31H38F3N5O6S. The van der Waals surface area contributed by atoms with E-state index in [4.69, 9.17) is 14.6 Å². The molecule has 2 saturated heterocycles. The molecule has 0 amide bonds. The number of carboxylic acids is 1. The van der Waals surface area contributed by atoms with Crippen LogP contribution < -0.4 is 5.32 Å². The number of alkyl halides is 2. The number of benzene rings is 1. The highest BCUT2D eigenvalue weighted by atomic mass is 32.1. The monoisotopic (exact) mass is 665 g/mol. The first-order chi connectivity index (χ1) is 21.9. The summed E-state index contributed by atoms with van der Waals surface area (Å²) in [4.78, 5) is 41.8. The van der Waals surface area contributed by atoms with Crippen molar-refractivity contribution in [3.05, 3.63) is 63.0 Å². The number of carbonyl (C=O) groups excluding carboxylic acids is 1. The molecule has 1 aromatic heterocycles. The van der Waals surface area contributed by atoms with Crippen molar-refractivity contribution in [3.8, 4) is 0 Å². The number of carboxylic acid groups (broad SMARTS) is 1. The summed E-state index contributed by atoms with van der Waals surface area (Å²) in [6.07, 6.45) is 0.331. The van der Waals surface area contributed by atoms with Gasteiger partial charge in [0.15, 0.2) is 10.8 Å². The van der Waals surface area contributed by atoms with Gasteiger partial charge in [-0.1, -0.05) is 26.0 Å². The van der Waals surface area contributed by atoms with E-state index in [1.807, 2.05) is 0 Å². The summed E-state index contributed by atoms with van der Waals surface area (Å²) in [6, 6.07) is 1.12. The van der Waals surface area contributed by atoms with E-state index in [9.17, 15) is 24.2 Å². The van der Waals surface area contributed by atoms with Crippen molar-refractivity contribution in [2.45, 2.75) is 70.7 Å². The largest absolute Gasteiger partial charge is 0.481 e. The molecule has 2 fully saturated rings. The zero-order valence-corrected chi connectivity index (χ0v) is 26.8. The van der Waals surface area contributed by atoms with Crippen LogP contribution in [0.2, 0.25) is 0 Å². The fraction of sp³-hybridized carbons (Fsp3) is 0.548. The number of aliphatic imine (C=N–C) groups is 1. The number of β-amino-alcohol motifs (C(OH)–C–C–N with tert-alkyl or cyclic N) is 1. The van der Waals surface area contributed by atoms with Crippen LogP contribution in [0.5, 0.6) is 0 Å². The van der Waals surface area contributed by atoms with E-state index in [1.165, 1.54) is 28.4 Å². The van der Waals surface area contributed by atoms with E-state index in [1.54, 1.807) is 45.3 Å². The zero-order chi connectivity index (χ0) is 33.4. The minimum Gasteiger partial charge on any atom is -0.481 e.